The minimum atomic E-state index is -3.48. The van der Waals surface area contributed by atoms with E-state index in [1.807, 2.05) is 39.0 Å². The fourth-order valence-electron chi connectivity index (χ4n) is 3.80. The van der Waals surface area contributed by atoms with Crippen LogP contribution in [-0.4, -0.2) is 62.3 Å². The van der Waals surface area contributed by atoms with Gasteiger partial charge in [0.05, 0.1) is 10.9 Å². The number of nitrogens with zero attached hydrogens (tertiary/aromatic N) is 2. The smallest absolute Gasteiger partial charge is 0.244 e. The Balaban J connectivity index is 1.53. The molecule has 1 N–H and O–H groups in total. The molecule has 8 heteroatoms. The maximum absolute atomic E-state index is 13.0. The number of hydrogen-bond donors (Lipinski definition) is 1. The lowest BCUT2D eigenvalue weighted by atomic mass is 10.0. The fourth-order valence-corrected chi connectivity index (χ4v) is 6.75. The zero-order valence-corrected chi connectivity index (χ0v) is 19.7. The van der Waals surface area contributed by atoms with E-state index >= 15 is 0 Å². The van der Waals surface area contributed by atoms with Crippen molar-refractivity contribution >= 4 is 27.3 Å². The van der Waals surface area contributed by atoms with Crippen LogP contribution >= 0.6 is 11.3 Å². The number of sulfonamides is 1. The van der Waals surface area contributed by atoms with Crippen LogP contribution in [0, 0.1) is 13.8 Å². The molecular weight excluding hydrogens is 418 g/mol. The molecule has 1 aromatic heterocycles. The average molecular weight is 450 g/mol. The normalized spacial score (nSPS) is 18.1. The molecule has 0 spiro atoms. The van der Waals surface area contributed by atoms with Crippen LogP contribution in [0.4, 0.5) is 0 Å². The molecule has 1 aromatic carbocycles. The van der Waals surface area contributed by atoms with E-state index in [1.54, 1.807) is 10.4 Å². The minimum absolute atomic E-state index is 0.0154. The summed E-state index contributed by atoms with van der Waals surface area (Å²) < 4.78 is 27.5. The highest BCUT2D eigenvalue weighted by atomic mass is 32.2. The van der Waals surface area contributed by atoms with Gasteiger partial charge in [-0.05, 0) is 38.3 Å². The summed E-state index contributed by atoms with van der Waals surface area (Å²) in [6, 6.07) is 11.6. The molecule has 0 bridgehead atoms. The molecule has 2 unspecified atom stereocenters. The highest BCUT2D eigenvalue weighted by molar-refractivity contribution is 7.89. The van der Waals surface area contributed by atoms with Gasteiger partial charge in [0.2, 0.25) is 15.9 Å². The van der Waals surface area contributed by atoms with Gasteiger partial charge >= 0.3 is 0 Å². The van der Waals surface area contributed by atoms with E-state index in [0.717, 1.165) is 9.75 Å². The number of amides is 1. The topological polar surface area (TPSA) is 69.7 Å². The van der Waals surface area contributed by atoms with Crippen molar-refractivity contribution in [1.29, 1.82) is 0 Å². The van der Waals surface area contributed by atoms with Crippen LogP contribution in [0.2, 0.25) is 0 Å². The number of thiophene rings is 1. The molecule has 30 heavy (non-hydrogen) atoms. The molecule has 1 saturated heterocycles. The summed E-state index contributed by atoms with van der Waals surface area (Å²) in [6.45, 7) is 10.2. The van der Waals surface area contributed by atoms with E-state index in [1.165, 1.54) is 16.9 Å². The van der Waals surface area contributed by atoms with E-state index in [-0.39, 0.29) is 17.9 Å². The van der Waals surface area contributed by atoms with Gasteiger partial charge in [-0.3, -0.25) is 9.69 Å². The highest BCUT2D eigenvalue weighted by Crippen LogP contribution is 2.28. The van der Waals surface area contributed by atoms with Crippen molar-refractivity contribution in [2.75, 3.05) is 32.7 Å². The van der Waals surface area contributed by atoms with Gasteiger partial charge in [-0.1, -0.05) is 37.3 Å². The molecule has 1 fully saturated rings. The second-order valence-corrected chi connectivity index (χ2v) is 11.3. The molecule has 1 aliphatic heterocycles. The Morgan fingerprint density at radius 3 is 2.30 bits per heavy atom. The predicted octanol–water partition coefficient (Wildman–Crippen LogP) is 2.98. The number of hydrogen-bond acceptors (Lipinski definition) is 5. The van der Waals surface area contributed by atoms with Crippen molar-refractivity contribution in [2.24, 2.45) is 0 Å². The van der Waals surface area contributed by atoms with E-state index < -0.39 is 10.0 Å². The number of nitrogens with one attached hydrogen (secondary N) is 1. The number of carbonyl (C=O) groups is 1. The zero-order chi connectivity index (χ0) is 21.9. The lowest BCUT2D eigenvalue weighted by molar-refractivity contribution is -0.126. The van der Waals surface area contributed by atoms with Crippen LogP contribution in [0.5, 0.6) is 0 Å². The number of piperazine rings is 1. The van der Waals surface area contributed by atoms with Gasteiger partial charge < -0.3 is 5.32 Å². The molecule has 3 rings (SSSR count). The van der Waals surface area contributed by atoms with Crippen molar-refractivity contribution < 1.29 is 13.2 Å². The van der Waals surface area contributed by atoms with Gasteiger partial charge in [0.1, 0.15) is 0 Å². The number of carbonyl (C=O) groups excluding carboxylic acids is 1. The van der Waals surface area contributed by atoms with E-state index in [0.29, 0.717) is 37.6 Å². The minimum Gasteiger partial charge on any atom is -0.354 e. The number of benzene rings is 1. The van der Waals surface area contributed by atoms with Gasteiger partial charge in [-0.25, -0.2) is 8.42 Å². The molecule has 6 nitrogen and oxygen atoms in total. The van der Waals surface area contributed by atoms with Crippen molar-refractivity contribution in [2.45, 2.75) is 44.6 Å². The zero-order valence-electron chi connectivity index (χ0n) is 18.1. The van der Waals surface area contributed by atoms with Crippen molar-refractivity contribution in [3.8, 4) is 0 Å². The van der Waals surface area contributed by atoms with Gasteiger partial charge in [0.25, 0.3) is 0 Å². The van der Waals surface area contributed by atoms with Crippen molar-refractivity contribution in [3.05, 3.63) is 51.7 Å². The molecular formula is C22H31N3O3S2. The SMILES string of the molecule is Cc1cc(S(=O)(=O)N2CCN(C(C)C(=O)NCC(C)c3ccccc3)CC2)c(C)s1. The predicted molar refractivity (Wildman–Crippen MR) is 121 cm³/mol. The van der Waals surface area contributed by atoms with Crippen LogP contribution in [0.1, 0.15) is 35.1 Å². The Labute approximate surface area is 183 Å². The van der Waals surface area contributed by atoms with Crippen LogP contribution in [0.15, 0.2) is 41.3 Å². The third-order valence-corrected chi connectivity index (χ3v) is 8.88. The van der Waals surface area contributed by atoms with E-state index in [4.69, 9.17) is 0 Å². The molecule has 2 aromatic rings. The monoisotopic (exact) mass is 449 g/mol. The number of rotatable bonds is 7. The largest absolute Gasteiger partial charge is 0.354 e. The molecule has 1 aliphatic rings. The summed E-state index contributed by atoms with van der Waals surface area (Å²) in [5, 5.41) is 3.04. The lowest BCUT2D eigenvalue weighted by Gasteiger charge is -2.36. The first-order chi connectivity index (χ1) is 14.2. The Bertz CT molecular complexity index is 965. The molecule has 0 radical (unpaired) electrons. The molecule has 2 atom stereocenters. The summed E-state index contributed by atoms with van der Waals surface area (Å²) in [5.74, 6) is 0.222. The quantitative estimate of drug-likeness (QED) is 0.706. The third-order valence-electron chi connectivity index (χ3n) is 5.76. The Hall–Kier alpha value is -1.74. The van der Waals surface area contributed by atoms with Gasteiger partial charge in [-0.2, -0.15) is 4.31 Å². The Morgan fingerprint density at radius 2 is 1.73 bits per heavy atom. The van der Waals surface area contributed by atoms with Crippen LogP contribution < -0.4 is 5.32 Å². The molecule has 0 aliphatic carbocycles. The lowest BCUT2D eigenvalue weighted by Crippen LogP contribution is -2.55. The van der Waals surface area contributed by atoms with Gasteiger partial charge in [0, 0.05) is 42.5 Å². The van der Waals surface area contributed by atoms with E-state index in [2.05, 4.69) is 29.3 Å². The fraction of sp³-hybridized carbons (Fsp3) is 0.500. The van der Waals surface area contributed by atoms with Crippen LogP contribution in [0.25, 0.3) is 0 Å². The second-order valence-electron chi connectivity index (χ2n) is 7.95. The number of aryl methyl sites for hydroxylation is 2. The van der Waals surface area contributed by atoms with Crippen molar-refractivity contribution in [3.63, 3.8) is 0 Å². The van der Waals surface area contributed by atoms with Crippen molar-refractivity contribution in [1.82, 2.24) is 14.5 Å². The average Bonchev–Trinajstić information content (AvgIpc) is 3.10. The summed E-state index contributed by atoms with van der Waals surface area (Å²) in [7, 11) is -3.48. The van der Waals surface area contributed by atoms with Crippen LogP contribution in [-0.2, 0) is 14.8 Å². The standard InChI is InChI=1S/C22H31N3O3S2/c1-16(20-8-6-5-7-9-20)15-23-22(26)18(3)24-10-12-25(13-11-24)30(27,28)21-14-17(2)29-19(21)4/h5-9,14,16,18H,10-13,15H2,1-4H3,(H,23,26). The highest BCUT2D eigenvalue weighted by Gasteiger charge is 2.33. The summed E-state index contributed by atoms with van der Waals surface area (Å²) in [4.78, 5) is 16.9. The first-order valence-electron chi connectivity index (χ1n) is 10.3. The first kappa shape index (κ1) is 22.9. The Kier molecular flexibility index (Phi) is 7.34. The van der Waals surface area contributed by atoms with E-state index in [9.17, 15) is 13.2 Å². The maximum atomic E-state index is 13.0. The van der Waals surface area contributed by atoms with Crippen LogP contribution in [0.3, 0.4) is 0 Å². The first-order valence-corrected chi connectivity index (χ1v) is 12.6. The summed E-state index contributed by atoms with van der Waals surface area (Å²) in [6.07, 6.45) is 0. The molecule has 0 saturated carbocycles. The summed E-state index contributed by atoms with van der Waals surface area (Å²) in [5.41, 5.74) is 1.20. The Morgan fingerprint density at radius 1 is 1.10 bits per heavy atom. The molecule has 2 heterocycles. The van der Waals surface area contributed by atoms with Gasteiger partial charge in [-0.15, -0.1) is 11.3 Å². The third kappa shape index (κ3) is 5.11. The molecule has 1 amide bonds. The maximum Gasteiger partial charge on any atom is 0.244 e. The van der Waals surface area contributed by atoms with Gasteiger partial charge in [0.15, 0.2) is 0 Å². The molecule has 164 valence electrons. The second kappa shape index (κ2) is 9.60. The summed E-state index contributed by atoms with van der Waals surface area (Å²) >= 11 is 1.51.